The molecule has 0 aromatic heterocycles. The smallest absolute Gasteiger partial charge is 0.216 e. The lowest BCUT2D eigenvalue weighted by Gasteiger charge is -2.19. The maximum Gasteiger partial charge on any atom is 0.216 e. The van der Waals surface area contributed by atoms with Gasteiger partial charge in [-0.25, -0.2) is 0 Å². The van der Waals surface area contributed by atoms with Gasteiger partial charge in [-0.3, -0.25) is 9.59 Å². The third-order valence-electron chi connectivity index (χ3n) is 3.47. The van der Waals surface area contributed by atoms with Crippen LogP contribution in [-0.2, 0) is 5.60 Å². The first-order chi connectivity index (χ1) is 9.46. The number of ketones is 2. The lowest BCUT2D eigenvalue weighted by atomic mass is 9.88. The number of fused-ring (bicyclic) bond motifs is 1. The zero-order chi connectivity index (χ0) is 14.5. The first kappa shape index (κ1) is 12.4. The van der Waals surface area contributed by atoms with E-state index in [2.05, 4.69) is 0 Å². The van der Waals surface area contributed by atoms with Gasteiger partial charge in [0.25, 0.3) is 0 Å². The Morgan fingerprint density at radius 2 is 1.35 bits per heavy atom. The number of aromatic hydroxyl groups is 2. The van der Waals surface area contributed by atoms with Gasteiger partial charge >= 0.3 is 0 Å². The largest absolute Gasteiger partial charge is 0.504 e. The molecule has 5 nitrogen and oxygen atoms in total. The highest BCUT2D eigenvalue weighted by Gasteiger charge is 2.53. The molecule has 1 aliphatic rings. The maximum absolute atomic E-state index is 12.3. The number of phenolic OH excluding ortho intramolecular Hbond substituents is 2. The van der Waals surface area contributed by atoms with Crippen LogP contribution in [0.25, 0.3) is 0 Å². The highest BCUT2D eigenvalue weighted by molar-refractivity contribution is 6.31. The minimum atomic E-state index is -2.35. The van der Waals surface area contributed by atoms with Crippen molar-refractivity contribution in [3.8, 4) is 11.5 Å². The Balaban J connectivity index is 2.21. The molecule has 5 heteroatoms. The van der Waals surface area contributed by atoms with Crippen LogP contribution in [0.1, 0.15) is 26.3 Å². The van der Waals surface area contributed by atoms with E-state index in [1.165, 1.54) is 18.2 Å². The monoisotopic (exact) mass is 270 g/mol. The molecule has 2 aromatic carbocycles. The average molecular weight is 270 g/mol. The number of hydrogen-bond donors (Lipinski definition) is 3. The van der Waals surface area contributed by atoms with Gasteiger partial charge in [0.1, 0.15) is 0 Å². The third kappa shape index (κ3) is 1.41. The summed E-state index contributed by atoms with van der Waals surface area (Å²) in [6.07, 6.45) is 0. The van der Waals surface area contributed by atoms with Crippen molar-refractivity contribution < 1.29 is 24.9 Å². The third-order valence-corrected chi connectivity index (χ3v) is 3.47. The molecule has 0 heterocycles. The maximum atomic E-state index is 12.3. The zero-order valence-electron chi connectivity index (χ0n) is 10.2. The second-order valence-electron chi connectivity index (χ2n) is 4.62. The van der Waals surface area contributed by atoms with Crippen molar-refractivity contribution in [1.29, 1.82) is 0 Å². The number of aliphatic hydroxyl groups is 1. The van der Waals surface area contributed by atoms with Gasteiger partial charge in [-0.15, -0.1) is 0 Å². The summed E-state index contributed by atoms with van der Waals surface area (Å²) in [5, 5.41) is 29.3. The molecule has 20 heavy (non-hydrogen) atoms. The summed E-state index contributed by atoms with van der Waals surface area (Å²) < 4.78 is 0. The number of carbonyl (C=O) groups is 2. The highest BCUT2D eigenvalue weighted by Crippen LogP contribution is 2.39. The Morgan fingerprint density at radius 1 is 0.800 bits per heavy atom. The molecule has 0 atom stereocenters. The van der Waals surface area contributed by atoms with Gasteiger partial charge in [0.05, 0.1) is 0 Å². The van der Waals surface area contributed by atoms with E-state index in [0.29, 0.717) is 0 Å². The van der Waals surface area contributed by atoms with E-state index in [1.54, 1.807) is 12.1 Å². The van der Waals surface area contributed by atoms with Gasteiger partial charge < -0.3 is 15.3 Å². The van der Waals surface area contributed by atoms with E-state index in [0.717, 1.165) is 12.1 Å². The van der Waals surface area contributed by atoms with Crippen molar-refractivity contribution in [3.05, 3.63) is 59.2 Å². The summed E-state index contributed by atoms with van der Waals surface area (Å²) in [5.74, 6) is -2.37. The molecule has 2 aromatic rings. The lowest BCUT2D eigenvalue weighted by molar-refractivity contribution is 0.0320. The van der Waals surface area contributed by atoms with Crippen LogP contribution in [0.5, 0.6) is 11.5 Å². The van der Waals surface area contributed by atoms with Crippen LogP contribution in [0, 0.1) is 0 Å². The molecule has 100 valence electrons. The van der Waals surface area contributed by atoms with Crippen molar-refractivity contribution in [2.75, 3.05) is 0 Å². The summed E-state index contributed by atoms with van der Waals surface area (Å²) in [6.45, 7) is 0. The van der Waals surface area contributed by atoms with E-state index in [1.807, 2.05) is 0 Å². The Morgan fingerprint density at radius 3 is 1.85 bits per heavy atom. The lowest BCUT2D eigenvalue weighted by Crippen LogP contribution is -2.37. The second kappa shape index (κ2) is 3.91. The topological polar surface area (TPSA) is 94.8 Å². The molecule has 0 amide bonds. The summed E-state index contributed by atoms with van der Waals surface area (Å²) in [7, 11) is 0. The summed E-state index contributed by atoms with van der Waals surface area (Å²) in [5.41, 5.74) is -2.13. The Bertz CT molecular complexity index is 713. The second-order valence-corrected chi connectivity index (χ2v) is 4.62. The Kier molecular flexibility index (Phi) is 2.42. The highest BCUT2D eigenvalue weighted by atomic mass is 16.3. The first-order valence-electron chi connectivity index (χ1n) is 5.89. The minimum absolute atomic E-state index is 0.0704. The van der Waals surface area contributed by atoms with E-state index in [4.69, 9.17) is 0 Å². The summed E-state index contributed by atoms with van der Waals surface area (Å²) in [6, 6.07) is 9.50. The van der Waals surface area contributed by atoms with Crippen molar-refractivity contribution in [2.45, 2.75) is 5.60 Å². The number of Topliss-reactive ketones (excluding diaryl/α,β-unsaturated/α-hetero) is 2. The van der Waals surface area contributed by atoms with Crippen LogP contribution < -0.4 is 0 Å². The fourth-order valence-corrected chi connectivity index (χ4v) is 2.38. The van der Waals surface area contributed by atoms with Crippen LogP contribution in [0.15, 0.2) is 42.5 Å². The quantitative estimate of drug-likeness (QED) is 0.537. The predicted octanol–water partition coefficient (Wildman–Crippen LogP) is 1.36. The van der Waals surface area contributed by atoms with Crippen LogP contribution in [-0.4, -0.2) is 26.9 Å². The van der Waals surface area contributed by atoms with E-state index < -0.39 is 28.7 Å². The summed E-state index contributed by atoms with van der Waals surface area (Å²) in [4.78, 5) is 24.6. The Labute approximate surface area is 113 Å². The van der Waals surface area contributed by atoms with E-state index in [-0.39, 0.29) is 16.7 Å². The van der Waals surface area contributed by atoms with E-state index in [9.17, 15) is 24.9 Å². The molecule has 1 aliphatic carbocycles. The zero-order valence-corrected chi connectivity index (χ0v) is 10.2. The van der Waals surface area contributed by atoms with Gasteiger partial charge in [-0.2, -0.15) is 0 Å². The van der Waals surface area contributed by atoms with Gasteiger partial charge in [-0.1, -0.05) is 30.3 Å². The van der Waals surface area contributed by atoms with Gasteiger partial charge in [0.15, 0.2) is 11.5 Å². The molecule has 0 radical (unpaired) electrons. The minimum Gasteiger partial charge on any atom is -0.504 e. The molecular formula is C15H10O5. The molecule has 0 saturated carbocycles. The van der Waals surface area contributed by atoms with Crippen LogP contribution in [0.3, 0.4) is 0 Å². The number of phenols is 2. The summed E-state index contributed by atoms with van der Waals surface area (Å²) >= 11 is 0. The fraction of sp³-hybridized carbons (Fsp3) is 0.0667. The van der Waals surface area contributed by atoms with Crippen molar-refractivity contribution in [2.24, 2.45) is 0 Å². The molecule has 3 N–H and O–H groups in total. The first-order valence-corrected chi connectivity index (χ1v) is 5.89. The van der Waals surface area contributed by atoms with Crippen molar-refractivity contribution in [1.82, 2.24) is 0 Å². The number of benzene rings is 2. The van der Waals surface area contributed by atoms with Gasteiger partial charge in [-0.05, 0) is 12.1 Å². The molecule has 3 rings (SSSR count). The molecule has 0 unspecified atom stereocenters. The SMILES string of the molecule is O=C1c2ccccc2C(=O)C1(O)c1ccc(O)c(O)c1. The van der Waals surface area contributed by atoms with Crippen LogP contribution in [0.2, 0.25) is 0 Å². The average Bonchev–Trinajstić information content (AvgIpc) is 2.65. The van der Waals surface area contributed by atoms with Crippen LogP contribution in [0.4, 0.5) is 0 Å². The molecule has 0 fully saturated rings. The molecule has 0 spiro atoms. The fourth-order valence-electron chi connectivity index (χ4n) is 2.38. The van der Waals surface area contributed by atoms with Gasteiger partial charge in [0, 0.05) is 16.7 Å². The van der Waals surface area contributed by atoms with Gasteiger partial charge in [0.2, 0.25) is 17.2 Å². The molecular weight excluding hydrogens is 260 g/mol. The number of hydrogen-bond acceptors (Lipinski definition) is 5. The number of carbonyl (C=O) groups excluding carboxylic acids is 2. The predicted molar refractivity (Wildman–Crippen MR) is 68.8 cm³/mol. The standard InChI is InChI=1S/C15H10O5/c16-11-6-5-8(7-12(11)17)15(20)13(18)9-3-1-2-4-10(9)14(15)19/h1-7,16-17,20H. The molecule has 0 aliphatic heterocycles. The molecule has 0 bridgehead atoms. The van der Waals surface area contributed by atoms with Crippen molar-refractivity contribution >= 4 is 11.6 Å². The molecule has 0 saturated heterocycles. The van der Waals surface area contributed by atoms with Crippen molar-refractivity contribution in [3.63, 3.8) is 0 Å². The van der Waals surface area contributed by atoms with Crippen LogP contribution >= 0.6 is 0 Å². The number of rotatable bonds is 1. The van der Waals surface area contributed by atoms with E-state index >= 15 is 0 Å². The normalized spacial score (nSPS) is 16.2. The Hall–Kier alpha value is -2.66.